The Morgan fingerprint density at radius 2 is 2.00 bits per heavy atom. The van der Waals surface area contributed by atoms with Crippen LogP contribution in [0.15, 0.2) is 30.3 Å². The number of hydrogen-bond acceptors (Lipinski definition) is 4. The van der Waals surface area contributed by atoms with Crippen molar-refractivity contribution in [3.8, 4) is 11.3 Å². The zero-order chi connectivity index (χ0) is 15.5. The molecule has 116 valence electrons. The zero-order valence-electron chi connectivity index (χ0n) is 13.0. The molecule has 1 atom stereocenters. The van der Waals surface area contributed by atoms with E-state index in [4.69, 9.17) is 0 Å². The number of anilines is 1. The first-order valence-electron chi connectivity index (χ1n) is 7.67. The summed E-state index contributed by atoms with van der Waals surface area (Å²) in [5, 5.41) is 12.1. The molecule has 0 aliphatic carbocycles. The van der Waals surface area contributed by atoms with E-state index in [2.05, 4.69) is 27.5 Å². The standard InChI is InChI=1S/C17H21FN4/c1-12-10-16(13-5-7-14(18)8-6-13)20-21-17(12)19-15-4-3-9-22(2)11-15/h5-8,10,15H,3-4,9,11H2,1-2H3,(H,19,21)/t15-/m1/s1. The molecule has 0 saturated carbocycles. The Morgan fingerprint density at radius 3 is 2.68 bits per heavy atom. The molecule has 4 nitrogen and oxygen atoms in total. The van der Waals surface area contributed by atoms with E-state index in [1.54, 1.807) is 12.1 Å². The summed E-state index contributed by atoms with van der Waals surface area (Å²) >= 11 is 0. The third kappa shape index (κ3) is 3.42. The second kappa shape index (κ2) is 6.40. The SMILES string of the molecule is Cc1cc(-c2ccc(F)cc2)nnc1N[C@@H]1CCCN(C)C1. The molecular weight excluding hydrogens is 279 g/mol. The number of piperidine rings is 1. The molecule has 1 aliphatic heterocycles. The second-order valence-corrected chi connectivity index (χ2v) is 6.01. The Morgan fingerprint density at radius 1 is 1.23 bits per heavy atom. The molecule has 0 unspecified atom stereocenters. The van der Waals surface area contributed by atoms with Crippen molar-refractivity contribution in [3.63, 3.8) is 0 Å². The fourth-order valence-corrected chi connectivity index (χ4v) is 2.87. The molecule has 0 amide bonds. The normalized spacial score (nSPS) is 19.1. The summed E-state index contributed by atoms with van der Waals surface area (Å²) in [7, 11) is 2.14. The monoisotopic (exact) mass is 300 g/mol. The van der Waals surface area contributed by atoms with Crippen molar-refractivity contribution in [1.82, 2.24) is 15.1 Å². The Balaban J connectivity index is 1.76. The van der Waals surface area contributed by atoms with Gasteiger partial charge in [0.15, 0.2) is 5.82 Å². The molecule has 1 aromatic carbocycles. The molecule has 0 radical (unpaired) electrons. The molecule has 1 aliphatic rings. The number of halogens is 1. The topological polar surface area (TPSA) is 41.1 Å². The molecule has 2 aromatic rings. The average molecular weight is 300 g/mol. The molecule has 1 N–H and O–H groups in total. The fraction of sp³-hybridized carbons (Fsp3) is 0.412. The Kier molecular flexibility index (Phi) is 4.34. The van der Waals surface area contributed by atoms with Gasteiger partial charge in [0.05, 0.1) is 5.69 Å². The van der Waals surface area contributed by atoms with E-state index in [0.29, 0.717) is 6.04 Å². The van der Waals surface area contributed by atoms with Crippen molar-refractivity contribution in [1.29, 1.82) is 0 Å². The molecule has 1 fully saturated rings. The first-order valence-corrected chi connectivity index (χ1v) is 7.67. The molecule has 1 aromatic heterocycles. The van der Waals surface area contributed by atoms with Gasteiger partial charge in [-0.25, -0.2) is 4.39 Å². The summed E-state index contributed by atoms with van der Waals surface area (Å²) in [4.78, 5) is 2.33. The summed E-state index contributed by atoms with van der Waals surface area (Å²) in [6.07, 6.45) is 2.36. The van der Waals surface area contributed by atoms with E-state index in [0.717, 1.165) is 42.1 Å². The van der Waals surface area contributed by atoms with Gasteiger partial charge in [0.25, 0.3) is 0 Å². The van der Waals surface area contributed by atoms with Gasteiger partial charge >= 0.3 is 0 Å². The summed E-state index contributed by atoms with van der Waals surface area (Å²) in [6, 6.07) is 8.75. The van der Waals surface area contributed by atoms with Crippen LogP contribution >= 0.6 is 0 Å². The van der Waals surface area contributed by atoms with E-state index in [9.17, 15) is 4.39 Å². The average Bonchev–Trinajstić information content (AvgIpc) is 2.50. The van der Waals surface area contributed by atoms with Gasteiger partial charge in [0.2, 0.25) is 0 Å². The lowest BCUT2D eigenvalue weighted by molar-refractivity contribution is 0.260. The quantitative estimate of drug-likeness (QED) is 0.945. The molecule has 3 rings (SSSR count). The highest BCUT2D eigenvalue weighted by molar-refractivity contribution is 5.61. The van der Waals surface area contributed by atoms with Crippen LogP contribution in [0.5, 0.6) is 0 Å². The molecule has 0 spiro atoms. The number of rotatable bonds is 3. The summed E-state index contributed by atoms with van der Waals surface area (Å²) in [6.45, 7) is 4.21. The Bertz CT molecular complexity index is 642. The lowest BCUT2D eigenvalue weighted by atomic mass is 10.1. The van der Waals surface area contributed by atoms with Gasteiger partial charge < -0.3 is 10.2 Å². The van der Waals surface area contributed by atoms with Crippen molar-refractivity contribution in [2.24, 2.45) is 0 Å². The second-order valence-electron chi connectivity index (χ2n) is 6.01. The highest BCUT2D eigenvalue weighted by Crippen LogP contribution is 2.22. The minimum absolute atomic E-state index is 0.242. The van der Waals surface area contributed by atoms with Crippen LogP contribution in [0.2, 0.25) is 0 Å². The van der Waals surface area contributed by atoms with Crippen molar-refractivity contribution in [2.75, 3.05) is 25.5 Å². The van der Waals surface area contributed by atoms with E-state index >= 15 is 0 Å². The first-order chi connectivity index (χ1) is 10.6. The van der Waals surface area contributed by atoms with E-state index in [-0.39, 0.29) is 5.82 Å². The lowest BCUT2D eigenvalue weighted by Gasteiger charge is -2.30. The maximum absolute atomic E-state index is 13.0. The Hall–Kier alpha value is -2.01. The van der Waals surface area contributed by atoms with Gasteiger partial charge in [-0.15, -0.1) is 10.2 Å². The predicted molar refractivity (Wildman–Crippen MR) is 86.3 cm³/mol. The lowest BCUT2D eigenvalue weighted by Crippen LogP contribution is -2.40. The number of benzene rings is 1. The summed E-state index contributed by atoms with van der Waals surface area (Å²) in [5.74, 6) is 0.597. The third-order valence-corrected chi connectivity index (χ3v) is 4.09. The van der Waals surface area contributed by atoms with Crippen LogP contribution in [0.1, 0.15) is 18.4 Å². The van der Waals surface area contributed by atoms with Gasteiger partial charge in [0.1, 0.15) is 5.82 Å². The third-order valence-electron chi connectivity index (χ3n) is 4.09. The minimum atomic E-state index is -0.242. The highest BCUT2D eigenvalue weighted by atomic mass is 19.1. The smallest absolute Gasteiger partial charge is 0.151 e. The maximum Gasteiger partial charge on any atom is 0.151 e. The van der Waals surface area contributed by atoms with Crippen molar-refractivity contribution in [2.45, 2.75) is 25.8 Å². The van der Waals surface area contributed by atoms with Gasteiger partial charge in [-0.2, -0.15) is 0 Å². The van der Waals surface area contributed by atoms with Gasteiger partial charge in [-0.05, 0) is 69.3 Å². The van der Waals surface area contributed by atoms with Crippen molar-refractivity contribution < 1.29 is 4.39 Å². The van der Waals surface area contributed by atoms with Crippen LogP contribution in [-0.2, 0) is 0 Å². The molecule has 22 heavy (non-hydrogen) atoms. The maximum atomic E-state index is 13.0. The summed E-state index contributed by atoms with van der Waals surface area (Å²) in [5.41, 5.74) is 2.70. The Labute approximate surface area is 130 Å². The van der Waals surface area contributed by atoms with Crippen LogP contribution in [-0.4, -0.2) is 41.3 Å². The highest BCUT2D eigenvalue weighted by Gasteiger charge is 2.18. The predicted octanol–water partition coefficient (Wildman–Crippen LogP) is 3.10. The number of aryl methyl sites for hydroxylation is 1. The number of likely N-dealkylation sites (N-methyl/N-ethyl adjacent to an activating group) is 1. The van der Waals surface area contributed by atoms with Gasteiger partial charge in [-0.1, -0.05) is 0 Å². The van der Waals surface area contributed by atoms with Crippen molar-refractivity contribution >= 4 is 5.82 Å². The molecular formula is C17H21FN4. The van der Waals surface area contributed by atoms with Crippen LogP contribution < -0.4 is 5.32 Å². The van der Waals surface area contributed by atoms with Crippen molar-refractivity contribution in [3.05, 3.63) is 41.7 Å². The fourth-order valence-electron chi connectivity index (χ4n) is 2.87. The van der Waals surface area contributed by atoms with Gasteiger partial charge in [-0.3, -0.25) is 0 Å². The largest absolute Gasteiger partial charge is 0.364 e. The zero-order valence-corrected chi connectivity index (χ0v) is 13.0. The number of hydrogen-bond donors (Lipinski definition) is 1. The first kappa shape index (κ1) is 14.9. The number of likely N-dealkylation sites (tertiary alicyclic amines) is 1. The number of nitrogens with zero attached hydrogens (tertiary/aromatic N) is 3. The molecule has 1 saturated heterocycles. The van der Waals surface area contributed by atoms with Crippen LogP contribution in [0.25, 0.3) is 11.3 Å². The molecule has 2 heterocycles. The number of aromatic nitrogens is 2. The van der Waals surface area contributed by atoms with Crippen LogP contribution in [0.4, 0.5) is 10.2 Å². The molecule has 0 bridgehead atoms. The minimum Gasteiger partial charge on any atom is -0.364 e. The molecule has 5 heteroatoms. The van der Waals surface area contributed by atoms with E-state index < -0.39 is 0 Å². The number of nitrogens with one attached hydrogen (secondary N) is 1. The van der Waals surface area contributed by atoms with Crippen LogP contribution in [0.3, 0.4) is 0 Å². The van der Waals surface area contributed by atoms with Gasteiger partial charge in [0, 0.05) is 18.2 Å². The summed E-state index contributed by atoms with van der Waals surface area (Å²) < 4.78 is 13.0. The van der Waals surface area contributed by atoms with E-state index in [1.165, 1.54) is 18.6 Å². The van der Waals surface area contributed by atoms with Crippen LogP contribution in [0, 0.1) is 12.7 Å². The van der Waals surface area contributed by atoms with E-state index in [1.807, 2.05) is 13.0 Å².